The number of amides is 1. The third-order valence-corrected chi connectivity index (χ3v) is 6.83. The minimum absolute atomic E-state index is 0.0873. The number of hydrogen-bond acceptors (Lipinski definition) is 7. The average molecular weight is 446 g/mol. The second-order valence-electron chi connectivity index (χ2n) is 7.31. The molecule has 0 N–H and O–H groups in total. The van der Waals surface area contributed by atoms with E-state index in [0.29, 0.717) is 38.4 Å². The van der Waals surface area contributed by atoms with E-state index in [1.54, 1.807) is 21.2 Å². The molecule has 0 atom stereocenters. The number of nitrogens with zero attached hydrogens (tertiary/aromatic N) is 5. The number of carbonyl (C=O) groups is 1. The lowest BCUT2D eigenvalue weighted by atomic mass is 10.3. The predicted molar refractivity (Wildman–Crippen MR) is 117 cm³/mol. The Labute approximate surface area is 179 Å². The minimum atomic E-state index is -2.97. The van der Waals surface area contributed by atoms with Crippen LogP contribution < -0.4 is 0 Å². The van der Waals surface area contributed by atoms with E-state index < -0.39 is 9.84 Å². The maximum absolute atomic E-state index is 12.8. The van der Waals surface area contributed by atoms with Gasteiger partial charge in [0.25, 0.3) is 5.91 Å². The first-order valence-electron chi connectivity index (χ1n) is 9.64. The van der Waals surface area contributed by atoms with Gasteiger partial charge in [-0.05, 0) is 12.1 Å². The second kappa shape index (κ2) is 8.66. The van der Waals surface area contributed by atoms with Gasteiger partial charge >= 0.3 is 0 Å². The van der Waals surface area contributed by atoms with Gasteiger partial charge in [-0.15, -0.1) is 11.3 Å². The molecule has 1 fully saturated rings. The Hall–Kier alpha value is -2.56. The molecule has 1 aromatic carbocycles. The molecule has 1 amide bonds. The van der Waals surface area contributed by atoms with Crippen LogP contribution in [0.4, 0.5) is 0 Å². The molecule has 0 radical (unpaired) electrons. The summed E-state index contributed by atoms with van der Waals surface area (Å²) in [6.07, 6.45) is 4.90. The van der Waals surface area contributed by atoms with E-state index in [2.05, 4.69) is 15.0 Å². The SMILES string of the molecule is CS(=O)(=O)CCN1CCN(C(=O)c2csc(-c3cnn(-c4ccccc4)c3)n2)CC1. The number of para-hydroxylation sites is 1. The highest BCUT2D eigenvalue weighted by Gasteiger charge is 2.24. The molecule has 0 spiro atoms. The third kappa shape index (κ3) is 4.94. The Morgan fingerprint density at radius 2 is 1.87 bits per heavy atom. The summed E-state index contributed by atoms with van der Waals surface area (Å²) in [4.78, 5) is 21.2. The molecular weight excluding hydrogens is 422 g/mol. The van der Waals surface area contributed by atoms with Crippen molar-refractivity contribution in [3.63, 3.8) is 0 Å². The van der Waals surface area contributed by atoms with Crippen LogP contribution in [0.5, 0.6) is 0 Å². The lowest BCUT2D eigenvalue weighted by molar-refractivity contribution is 0.0639. The number of aromatic nitrogens is 3. The summed E-state index contributed by atoms with van der Waals surface area (Å²) in [5.74, 6) is 0.0586. The van der Waals surface area contributed by atoms with Crippen LogP contribution in [0.3, 0.4) is 0 Å². The normalized spacial score (nSPS) is 15.4. The van der Waals surface area contributed by atoms with Crippen molar-refractivity contribution < 1.29 is 13.2 Å². The lowest BCUT2D eigenvalue weighted by Gasteiger charge is -2.34. The summed E-state index contributed by atoms with van der Waals surface area (Å²) in [5, 5.41) is 6.93. The molecule has 3 aromatic rings. The van der Waals surface area contributed by atoms with Crippen molar-refractivity contribution in [3.8, 4) is 16.3 Å². The molecule has 0 bridgehead atoms. The number of thiazole rings is 1. The van der Waals surface area contributed by atoms with Gasteiger partial charge in [0.1, 0.15) is 20.5 Å². The standard InChI is InChI=1S/C20H23N5O3S2/c1-30(27,28)12-11-23-7-9-24(10-8-23)20(26)18-15-29-19(22-18)16-13-21-25(14-16)17-5-3-2-4-6-17/h2-6,13-15H,7-12H2,1H3. The van der Waals surface area contributed by atoms with Crippen LogP contribution >= 0.6 is 11.3 Å². The molecule has 158 valence electrons. The lowest BCUT2D eigenvalue weighted by Crippen LogP contribution is -2.49. The van der Waals surface area contributed by atoms with Crippen molar-refractivity contribution in [2.75, 3.05) is 44.7 Å². The maximum atomic E-state index is 12.8. The highest BCUT2D eigenvalue weighted by atomic mass is 32.2. The molecule has 2 aromatic heterocycles. The summed E-state index contributed by atoms with van der Waals surface area (Å²) in [6, 6.07) is 9.82. The van der Waals surface area contributed by atoms with Crippen LogP contribution in [-0.4, -0.2) is 83.6 Å². The molecule has 1 aliphatic heterocycles. The number of benzene rings is 1. The molecular formula is C20H23N5O3S2. The number of hydrogen-bond donors (Lipinski definition) is 0. The maximum Gasteiger partial charge on any atom is 0.273 e. The van der Waals surface area contributed by atoms with E-state index in [4.69, 9.17) is 0 Å². The van der Waals surface area contributed by atoms with E-state index in [0.717, 1.165) is 16.3 Å². The summed E-state index contributed by atoms with van der Waals surface area (Å²) >= 11 is 1.43. The van der Waals surface area contributed by atoms with Gasteiger partial charge in [0.15, 0.2) is 0 Å². The van der Waals surface area contributed by atoms with Crippen molar-refractivity contribution in [1.29, 1.82) is 0 Å². The largest absolute Gasteiger partial charge is 0.335 e. The van der Waals surface area contributed by atoms with E-state index in [-0.39, 0.29) is 11.7 Å². The Morgan fingerprint density at radius 3 is 2.57 bits per heavy atom. The number of carbonyl (C=O) groups excluding carboxylic acids is 1. The third-order valence-electron chi connectivity index (χ3n) is 5.01. The van der Waals surface area contributed by atoms with Crippen LogP contribution in [0.15, 0.2) is 48.1 Å². The first-order chi connectivity index (χ1) is 14.4. The summed E-state index contributed by atoms with van der Waals surface area (Å²) in [7, 11) is -2.97. The fourth-order valence-electron chi connectivity index (χ4n) is 3.29. The Balaban J connectivity index is 1.38. The monoisotopic (exact) mass is 445 g/mol. The van der Waals surface area contributed by atoms with Gasteiger partial charge < -0.3 is 4.90 Å². The van der Waals surface area contributed by atoms with Crippen LogP contribution in [0.2, 0.25) is 0 Å². The zero-order valence-electron chi connectivity index (χ0n) is 16.6. The molecule has 10 heteroatoms. The van der Waals surface area contributed by atoms with Crippen LogP contribution in [-0.2, 0) is 9.84 Å². The second-order valence-corrected chi connectivity index (χ2v) is 10.4. The van der Waals surface area contributed by atoms with Crippen LogP contribution in [0.1, 0.15) is 10.5 Å². The molecule has 3 heterocycles. The first-order valence-corrected chi connectivity index (χ1v) is 12.6. The van der Waals surface area contributed by atoms with Gasteiger partial charge in [0, 0.05) is 56.1 Å². The molecule has 4 rings (SSSR count). The van der Waals surface area contributed by atoms with Crippen molar-refractivity contribution in [3.05, 3.63) is 53.8 Å². The van der Waals surface area contributed by atoms with E-state index in [1.165, 1.54) is 17.6 Å². The summed E-state index contributed by atoms with van der Waals surface area (Å²) in [6.45, 7) is 2.99. The Kier molecular flexibility index (Phi) is 5.98. The van der Waals surface area contributed by atoms with E-state index in [9.17, 15) is 13.2 Å². The molecule has 0 unspecified atom stereocenters. The summed E-state index contributed by atoms with van der Waals surface area (Å²) in [5.41, 5.74) is 2.27. The predicted octanol–water partition coefficient (Wildman–Crippen LogP) is 1.80. The molecule has 8 nitrogen and oxygen atoms in total. The Morgan fingerprint density at radius 1 is 1.13 bits per heavy atom. The summed E-state index contributed by atoms with van der Waals surface area (Å²) < 4.78 is 24.4. The number of rotatable bonds is 6. The average Bonchev–Trinajstić information content (AvgIpc) is 3.42. The highest BCUT2D eigenvalue weighted by Crippen LogP contribution is 2.25. The smallest absolute Gasteiger partial charge is 0.273 e. The molecule has 0 saturated carbocycles. The van der Waals surface area contributed by atoms with Crippen molar-refractivity contribution in [2.45, 2.75) is 0 Å². The van der Waals surface area contributed by atoms with Crippen LogP contribution in [0, 0.1) is 0 Å². The Bertz CT molecular complexity index is 1120. The molecule has 30 heavy (non-hydrogen) atoms. The van der Waals surface area contributed by atoms with Gasteiger partial charge in [0.05, 0.1) is 17.6 Å². The van der Waals surface area contributed by atoms with Gasteiger partial charge in [-0.2, -0.15) is 5.10 Å². The zero-order chi connectivity index (χ0) is 21.1. The number of sulfone groups is 1. The minimum Gasteiger partial charge on any atom is -0.335 e. The fourth-order valence-corrected chi connectivity index (χ4v) is 4.65. The van der Waals surface area contributed by atoms with Crippen molar-refractivity contribution in [2.24, 2.45) is 0 Å². The zero-order valence-corrected chi connectivity index (χ0v) is 18.3. The number of piperazine rings is 1. The first kappa shape index (κ1) is 20.7. The quantitative estimate of drug-likeness (QED) is 0.575. The van der Waals surface area contributed by atoms with Gasteiger partial charge in [-0.1, -0.05) is 18.2 Å². The van der Waals surface area contributed by atoms with E-state index >= 15 is 0 Å². The molecule has 0 aliphatic carbocycles. The molecule has 1 aliphatic rings. The van der Waals surface area contributed by atoms with Gasteiger partial charge in [-0.3, -0.25) is 9.69 Å². The van der Waals surface area contributed by atoms with Crippen LogP contribution in [0.25, 0.3) is 16.3 Å². The van der Waals surface area contributed by atoms with Crippen molar-refractivity contribution >= 4 is 27.1 Å². The molecule has 1 saturated heterocycles. The fraction of sp³-hybridized carbons (Fsp3) is 0.350. The highest BCUT2D eigenvalue weighted by molar-refractivity contribution is 7.90. The van der Waals surface area contributed by atoms with Gasteiger partial charge in [0.2, 0.25) is 0 Å². The van der Waals surface area contributed by atoms with Gasteiger partial charge in [-0.25, -0.2) is 18.1 Å². The van der Waals surface area contributed by atoms with Crippen molar-refractivity contribution in [1.82, 2.24) is 24.6 Å². The van der Waals surface area contributed by atoms with E-state index in [1.807, 2.05) is 36.5 Å². The topological polar surface area (TPSA) is 88.4 Å².